The van der Waals surface area contributed by atoms with Crippen molar-refractivity contribution >= 4 is 22.7 Å². The van der Waals surface area contributed by atoms with Crippen LogP contribution in [0.1, 0.15) is 43.9 Å². The standard InChI is InChI=1S/C23H31N7O2/c1-3-4-10-25-20-19-18(27-23(24)28-20)9-13-30(22(19)31)14-16-7-8-17(26-21(16)32-2)15-29-11-5-6-12-29/h7-9,13H,3-6,10-12,14-15H2,1-2H3,(H3,24,25,27,28). The summed E-state index contributed by atoms with van der Waals surface area (Å²) in [6, 6.07) is 5.80. The molecule has 4 heterocycles. The Labute approximate surface area is 187 Å². The Morgan fingerprint density at radius 3 is 2.69 bits per heavy atom. The highest BCUT2D eigenvalue weighted by atomic mass is 16.5. The second-order valence-electron chi connectivity index (χ2n) is 8.17. The topological polar surface area (TPSA) is 111 Å². The molecule has 4 rings (SSSR count). The molecule has 0 unspecified atom stereocenters. The first-order valence-corrected chi connectivity index (χ1v) is 11.2. The van der Waals surface area contributed by atoms with Crippen molar-refractivity contribution in [3.05, 3.63) is 46.0 Å². The zero-order valence-electron chi connectivity index (χ0n) is 18.8. The highest BCUT2D eigenvalue weighted by Crippen LogP contribution is 2.21. The highest BCUT2D eigenvalue weighted by molar-refractivity contribution is 5.89. The van der Waals surface area contributed by atoms with Gasteiger partial charge in [0.2, 0.25) is 11.8 Å². The van der Waals surface area contributed by atoms with Gasteiger partial charge in [0.25, 0.3) is 5.56 Å². The molecule has 9 nitrogen and oxygen atoms in total. The van der Waals surface area contributed by atoms with E-state index in [0.717, 1.165) is 43.7 Å². The Bertz CT molecular complexity index is 1140. The van der Waals surface area contributed by atoms with Crippen LogP contribution in [0.4, 0.5) is 11.8 Å². The fourth-order valence-corrected chi connectivity index (χ4v) is 4.08. The number of hydrogen-bond donors (Lipinski definition) is 2. The number of nitrogens with two attached hydrogens (primary N) is 1. The van der Waals surface area contributed by atoms with Crippen LogP contribution < -0.4 is 21.3 Å². The maximum atomic E-state index is 13.3. The van der Waals surface area contributed by atoms with E-state index in [4.69, 9.17) is 10.5 Å². The normalized spacial score (nSPS) is 14.2. The Hall–Kier alpha value is -3.20. The molecule has 0 spiro atoms. The van der Waals surface area contributed by atoms with Gasteiger partial charge in [0.05, 0.1) is 24.9 Å². The smallest absolute Gasteiger partial charge is 0.264 e. The van der Waals surface area contributed by atoms with Gasteiger partial charge in [-0.15, -0.1) is 0 Å². The van der Waals surface area contributed by atoms with Crippen molar-refractivity contribution in [2.45, 2.75) is 45.7 Å². The van der Waals surface area contributed by atoms with Crippen LogP contribution in [0.15, 0.2) is 29.2 Å². The Morgan fingerprint density at radius 1 is 1.12 bits per heavy atom. The molecule has 0 aromatic carbocycles. The zero-order chi connectivity index (χ0) is 22.5. The predicted molar refractivity (Wildman–Crippen MR) is 126 cm³/mol. The first-order valence-electron chi connectivity index (χ1n) is 11.2. The summed E-state index contributed by atoms with van der Waals surface area (Å²) in [5.41, 5.74) is 8.03. The van der Waals surface area contributed by atoms with Gasteiger partial charge in [-0.05, 0) is 50.6 Å². The Balaban J connectivity index is 1.63. The molecule has 3 N–H and O–H groups in total. The van der Waals surface area contributed by atoms with E-state index in [9.17, 15) is 4.79 Å². The van der Waals surface area contributed by atoms with Gasteiger partial charge in [-0.2, -0.15) is 4.98 Å². The van der Waals surface area contributed by atoms with E-state index < -0.39 is 0 Å². The molecule has 1 aliphatic heterocycles. The zero-order valence-corrected chi connectivity index (χ0v) is 18.8. The molecule has 1 fully saturated rings. The number of nitrogens with zero attached hydrogens (tertiary/aromatic N) is 5. The van der Waals surface area contributed by atoms with Crippen LogP contribution in [-0.4, -0.2) is 51.2 Å². The number of methoxy groups -OCH3 is 1. The maximum Gasteiger partial charge on any atom is 0.264 e. The van der Waals surface area contributed by atoms with Crippen molar-refractivity contribution in [1.29, 1.82) is 0 Å². The highest BCUT2D eigenvalue weighted by Gasteiger charge is 2.16. The number of rotatable bonds is 9. The van der Waals surface area contributed by atoms with Gasteiger partial charge in [-0.3, -0.25) is 9.69 Å². The number of pyridine rings is 2. The van der Waals surface area contributed by atoms with E-state index in [0.29, 0.717) is 35.7 Å². The summed E-state index contributed by atoms with van der Waals surface area (Å²) >= 11 is 0. The van der Waals surface area contributed by atoms with E-state index in [-0.39, 0.29) is 11.5 Å². The predicted octanol–water partition coefficient (Wildman–Crippen LogP) is 2.63. The van der Waals surface area contributed by atoms with Crippen LogP contribution in [0.5, 0.6) is 5.88 Å². The molecule has 1 aliphatic rings. The minimum absolute atomic E-state index is 0.146. The van der Waals surface area contributed by atoms with Gasteiger partial charge in [0.1, 0.15) is 11.2 Å². The second-order valence-corrected chi connectivity index (χ2v) is 8.17. The number of unbranched alkanes of at least 4 members (excludes halogenated alkanes) is 1. The first-order chi connectivity index (χ1) is 15.6. The van der Waals surface area contributed by atoms with Crippen molar-refractivity contribution in [2.24, 2.45) is 0 Å². The molecule has 0 radical (unpaired) electrons. The molecular weight excluding hydrogens is 406 g/mol. The molecule has 1 saturated heterocycles. The number of aromatic nitrogens is 4. The second kappa shape index (κ2) is 9.95. The number of nitrogens with one attached hydrogen (secondary N) is 1. The number of ether oxygens (including phenoxy) is 1. The lowest BCUT2D eigenvalue weighted by Gasteiger charge is -2.16. The maximum absolute atomic E-state index is 13.3. The molecule has 0 aliphatic carbocycles. The van der Waals surface area contributed by atoms with Crippen molar-refractivity contribution in [1.82, 2.24) is 24.4 Å². The lowest BCUT2D eigenvalue weighted by molar-refractivity contribution is 0.322. The lowest BCUT2D eigenvalue weighted by Crippen LogP contribution is -2.23. The van der Waals surface area contributed by atoms with Crippen LogP contribution >= 0.6 is 0 Å². The van der Waals surface area contributed by atoms with E-state index >= 15 is 0 Å². The molecule has 170 valence electrons. The number of likely N-dealkylation sites (tertiary alicyclic amines) is 1. The van der Waals surface area contributed by atoms with Crippen molar-refractivity contribution in [3.63, 3.8) is 0 Å². The molecular formula is C23H31N7O2. The molecule has 9 heteroatoms. The average Bonchev–Trinajstić information content (AvgIpc) is 3.29. The molecule has 3 aromatic rings. The summed E-state index contributed by atoms with van der Waals surface area (Å²) < 4.78 is 7.19. The largest absolute Gasteiger partial charge is 0.481 e. The minimum Gasteiger partial charge on any atom is -0.481 e. The summed E-state index contributed by atoms with van der Waals surface area (Å²) in [5.74, 6) is 1.17. The Morgan fingerprint density at radius 2 is 1.94 bits per heavy atom. The van der Waals surface area contributed by atoms with Gasteiger partial charge in [-0.25, -0.2) is 9.97 Å². The first kappa shape index (κ1) is 22.0. The SMILES string of the molecule is CCCCNc1nc(N)nc2ccn(Cc3ccc(CN4CCCC4)nc3OC)c(=O)c12. The monoisotopic (exact) mass is 437 g/mol. The lowest BCUT2D eigenvalue weighted by atomic mass is 10.2. The van der Waals surface area contributed by atoms with E-state index in [1.54, 1.807) is 23.9 Å². The van der Waals surface area contributed by atoms with E-state index in [1.165, 1.54) is 12.8 Å². The molecule has 0 atom stereocenters. The molecule has 32 heavy (non-hydrogen) atoms. The van der Waals surface area contributed by atoms with Crippen molar-refractivity contribution in [3.8, 4) is 5.88 Å². The van der Waals surface area contributed by atoms with Gasteiger partial charge >= 0.3 is 0 Å². The quantitative estimate of drug-likeness (QED) is 0.492. The Kier molecular flexibility index (Phi) is 6.84. The summed E-state index contributed by atoms with van der Waals surface area (Å²) in [5, 5.41) is 3.68. The van der Waals surface area contributed by atoms with Crippen LogP contribution in [-0.2, 0) is 13.1 Å². The van der Waals surface area contributed by atoms with Crippen LogP contribution in [0.25, 0.3) is 10.9 Å². The van der Waals surface area contributed by atoms with E-state index in [2.05, 4.69) is 32.1 Å². The van der Waals surface area contributed by atoms with Crippen molar-refractivity contribution < 1.29 is 4.74 Å². The summed E-state index contributed by atoms with van der Waals surface area (Å²) in [4.78, 5) is 28.9. The fraction of sp³-hybridized carbons (Fsp3) is 0.478. The third-order valence-corrected chi connectivity index (χ3v) is 5.78. The third-order valence-electron chi connectivity index (χ3n) is 5.78. The van der Waals surface area contributed by atoms with Gasteiger partial charge in [0.15, 0.2) is 0 Å². The summed E-state index contributed by atoms with van der Waals surface area (Å²) in [7, 11) is 1.61. The van der Waals surface area contributed by atoms with Gasteiger partial charge in [-0.1, -0.05) is 13.3 Å². The number of nitrogen functional groups attached to an aromatic ring is 1. The summed E-state index contributed by atoms with van der Waals surface area (Å²) in [6.45, 7) is 6.20. The third kappa shape index (κ3) is 4.83. The fourth-order valence-electron chi connectivity index (χ4n) is 4.08. The van der Waals surface area contributed by atoms with Crippen LogP contribution in [0.2, 0.25) is 0 Å². The molecule has 0 bridgehead atoms. The average molecular weight is 438 g/mol. The van der Waals surface area contributed by atoms with E-state index in [1.807, 2.05) is 12.1 Å². The number of hydrogen-bond acceptors (Lipinski definition) is 8. The van der Waals surface area contributed by atoms with Gasteiger partial charge < -0.3 is 20.4 Å². The van der Waals surface area contributed by atoms with Crippen LogP contribution in [0.3, 0.4) is 0 Å². The molecule has 3 aromatic heterocycles. The molecule has 0 amide bonds. The van der Waals surface area contributed by atoms with Crippen molar-refractivity contribution in [2.75, 3.05) is 37.8 Å². The van der Waals surface area contributed by atoms with Gasteiger partial charge in [0, 0.05) is 24.8 Å². The number of fused-ring (bicyclic) bond motifs is 1. The number of anilines is 2. The summed E-state index contributed by atoms with van der Waals surface area (Å²) in [6.07, 6.45) is 6.22. The molecule has 0 saturated carbocycles. The minimum atomic E-state index is -0.176. The van der Waals surface area contributed by atoms with Crippen LogP contribution in [0, 0.1) is 0 Å².